The molecule has 1 heterocycles. The number of nitrogens with zero attached hydrogens (tertiary/aromatic N) is 3. The van der Waals surface area contributed by atoms with Crippen LogP contribution in [0.25, 0.3) is 0 Å². The number of hydrogen-bond donors (Lipinski definition) is 1. The van der Waals surface area contributed by atoms with Crippen molar-refractivity contribution in [3.05, 3.63) is 22.6 Å². The minimum absolute atomic E-state index is 0.0408. The van der Waals surface area contributed by atoms with Gasteiger partial charge in [0.15, 0.2) is 0 Å². The first-order valence-electron chi connectivity index (χ1n) is 7.07. The molecule has 1 aromatic heterocycles. The Kier molecular flexibility index (Phi) is 8.37. The van der Waals surface area contributed by atoms with E-state index in [1.54, 1.807) is 19.4 Å². The van der Waals surface area contributed by atoms with Gasteiger partial charge in [0, 0.05) is 33.3 Å². The van der Waals surface area contributed by atoms with Crippen LogP contribution in [-0.2, 0) is 11.3 Å². The molecule has 6 heteroatoms. The molecule has 0 unspecified atom stereocenters. The smallest absolute Gasteiger partial charge is 0.268 e. The standard InChI is InChI=1S/C14H25N3O2S/c1-16(8-9-19-2)13-11-14(18)17(15-12-13)7-5-3-4-6-10-20/h11-12,20H,3-10H2,1-2H3. The predicted octanol–water partition coefficient (Wildman–Crippen LogP) is 1.82. The quantitative estimate of drug-likeness (QED) is 0.529. The van der Waals surface area contributed by atoms with Crippen molar-refractivity contribution in [3.8, 4) is 0 Å². The second-order valence-electron chi connectivity index (χ2n) is 4.83. The lowest BCUT2D eigenvalue weighted by molar-refractivity contribution is 0.206. The van der Waals surface area contributed by atoms with Gasteiger partial charge in [-0.05, 0) is 18.6 Å². The Morgan fingerprint density at radius 3 is 2.75 bits per heavy atom. The fraction of sp³-hybridized carbons (Fsp3) is 0.714. The van der Waals surface area contributed by atoms with E-state index in [1.165, 1.54) is 4.68 Å². The van der Waals surface area contributed by atoms with E-state index in [9.17, 15) is 4.79 Å². The molecule has 0 spiro atoms. The van der Waals surface area contributed by atoms with E-state index in [0.717, 1.165) is 43.7 Å². The van der Waals surface area contributed by atoms with Gasteiger partial charge in [-0.3, -0.25) is 4.79 Å². The van der Waals surface area contributed by atoms with E-state index in [-0.39, 0.29) is 5.56 Å². The Morgan fingerprint density at radius 2 is 2.10 bits per heavy atom. The Balaban J connectivity index is 2.48. The fourth-order valence-corrected chi connectivity index (χ4v) is 2.11. The summed E-state index contributed by atoms with van der Waals surface area (Å²) in [7, 11) is 3.59. The Hall–Kier alpha value is -1.01. The first-order chi connectivity index (χ1) is 9.69. The molecule has 0 aliphatic heterocycles. The second-order valence-corrected chi connectivity index (χ2v) is 5.27. The molecule has 0 radical (unpaired) electrons. The minimum atomic E-state index is -0.0408. The first-order valence-corrected chi connectivity index (χ1v) is 7.70. The van der Waals surface area contributed by atoms with Gasteiger partial charge in [-0.15, -0.1) is 0 Å². The summed E-state index contributed by atoms with van der Waals surface area (Å²) in [5.41, 5.74) is 0.791. The maximum absolute atomic E-state index is 12.0. The van der Waals surface area contributed by atoms with E-state index < -0.39 is 0 Å². The summed E-state index contributed by atoms with van der Waals surface area (Å²) in [6.45, 7) is 2.06. The molecule has 1 rings (SSSR count). The summed E-state index contributed by atoms with van der Waals surface area (Å²) in [6, 6.07) is 1.64. The zero-order valence-corrected chi connectivity index (χ0v) is 13.3. The number of ether oxygens (including phenoxy) is 1. The predicted molar refractivity (Wildman–Crippen MR) is 86.0 cm³/mol. The summed E-state index contributed by atoms with van der Waals surface area (Å²) < 4.78 is 6.56. The van der Waals surface area contributed by atoms with Crippen molar-refractivity contribution in [1.82, 2.24) is 9.78 Å². The number of likely N-dealkylation sites (N-methyl/N-ethyl adjacent to an activating group) is 1. The summed E-state index contributed by atoms with van der Waals surface area (Å²) in [5.74, 6) is 0.931. The summed E-state index contributed by atoms with van der Waals surface area (Å²) in [5, 5.41) is 4.23. The first kappa shape index (κ1) is 17.0. The monoisotopic (exact) mass is 299 g/mol. The number of rotatable bonds is 10. The van der Waals surface area contributed by atoms with E-state index in [4.69, 9.17) is 4.74 Å². The lowest BCUT2D eigenvalue weighted by Gasteiger charge is -2.18. The van der Waals surface area contributed by atoms with Crippen LogP contribution < -0.4 is 10.5 Å². The van der Waals surface area contributed by atoms with Crippen LogP contribution in [0.5, 0.6) is 0 Å². The van der Waals surface area contributed by atoms with Crippen molar-refractivity contribution in [2.24, 2.45) is 0 Å². The van der Waals surface area contributed by atoms with E-state index in [0.29, 0.717) is 13.2 Å². The number of unbranched alkanes of at least 4 members (excludes halogenated alkanes) is 3. The molecule has 0 fully saturated rings. The molecule has 0 atom stereocenters. The lowest BCUT2D eigenvalue weighted by atomic mass is 10.2. The van der Waals surface area contributed by atoms with Crippen LogP contribution in [0, 0.1) is 0 Å². The van der Waals surface area contributed by atoms with Gasteiger partial charge in [0.1, 0.15) is 0 Å². The highest BCUT2D eigenvalue weighted by Gasteiger charge is 2.04. The second kappa shape index (κ2) is 9.83. The van der Waals surface area contributed by atoms with Crippen LogP contribution in [0.4, 0.5) is 5.69 Å². The van der Waals surface area contributed by atoms with Crippen molar-refractivity contribution in [1.29, 1.82) is 0 Å². The molecule has 0 N–H and O–H groups in total. The number of methoxy groups -OCH3 is 1. The zero-order valence-electron chi connectivity index (χ0n) is 12.4. The van der Waals surface area contributed by atoms with Crippen molar-refractivity contribution in [3.63, 3.8) is 0 Å². The highest BCUT2D eigenvalue weighted by atomic mass is 32.1. The molecule has 5 nitrogen and oxygen atoms in total. The molecule has 0 bridgehead atoms. The van der Waals surface area contributed by atoms with E-state index in [2.05, 4.69) is 17.7 Å². The van der Waals surface area contributed by atoms with Crippen molar-refractivity contribution in [2.45, 2.75) is 32.2 Å². The Morgan fingerprint density at radius 1 is 1.35 bits per heavy atom. The maximum atomic E-state index is 12.0. The third-order valence-corrected chi connectivity index (χ3v) is 3.52. The Labute approximate surface area is 126 Å². The van der Waals surface area contributed by atoms with Gasteiger partial charge in [0.25, 0.3) is 5.56 Å². The molecule has 114 valence electrons. The molecule has 0 saturated carbocycles. The Bertz CT molecular complexity index is 437. The molecule has 0 aromatic carbocycles. The van der Waals surface area contributed by atoms with Crippen LogP contribution in [0.2, 0.25) is 0 Å². The van der Waals surface area contributed by atoms with E-state index >= 15 is 0 Å². The van der Waals surface area contributed by atoms with Gasteiger partial charge in [0.2, 0.25) is 0 Å². The molecular formula is C14H25N3O2S. The highest BCUT2D eigenvalue weighted by Crippen LogP contribution is 2.07. The van der Waals surface area contributed by atoms with Crippen LogP contribution in [0.1, 0.15) is 25.7 Å². The summed E-state index contributed by atoms with van der Waals surface area (Å²) >= 11 is 4.18. The summed E-state index contributed by atoms with van der Waals surface area (Å²) in [6.07, 6.45) is 6.14. The molecule has 0 aliphatic carbocycles. The van der Waals surface area contributed by atoms with Gasteiger partial charge in [-0.25, -0.2) is 4.68 Å². The SMILES string of the molecule is COCCN(C)c1cnn(CCCCCCS)c(=O)c1. The molecule has 1 aromatic rings. The van der Waals surface area contributed by atoms with Crippen molar-refractivity contribution < 1.29 is 4.74 Å². The van der Waals surface area contributed by atoms with Crippen LogP contribution in [0.15, 0.2) is 17.1 Å². The highest BCUT2D eigenvalue weighted by molar-refractivity contribution is 7.80. The average Bonchev–Trinajstić information content (AvgIpc) is 2.46. The number of anilines is 1. The third kappa shape index (κ3) is 5.96. The lowest BCUT2D eigenvalue weighted by Crippen LogP contribution is -2.27. The fourth-order valence-electron chi connectivity index (χ4n) is 1.88. The van der Waals surface area contributed by atoms with E-state index in [1.807, 2.05) is 11.9 Å². The molecular weight excluding hydrogens is 274 g/mol. The number of aromatic nitrogens is 2. The number of hydrogen-bond acceptors (Lipinski definition) is 5. The molecule has 20 heavy (non-hydrogen) atoms. The molecule has 0 amide bonds. The molecule has 0 aliphatic rings. The molecule has 0 saturated heterocycles. The van der Waals surface area contributed by atoms with Crippen molar-refractivity contribution >= 4 is 18.3 Å². The van der Waals surface area contributed by atoms with Crippen LogP contribution in [-0.4, -0.2) is 42.8 Å². The topological polar surface area (TPSA) is 47.4 Å². The largest absolute Gasteiger partial charge is 0.383 e. The third-order valence-electron chi connectivity index (χ3n) is 3.20. The van der Waals surface area contributed by atoms with Gasteiger partial charge < -0.3 is 9.64 Å². The van der Waals surface area contributed by atoms with Gasteiger partial charge in [0.05, 0.1) is 18.5 Å². The van der Waals surface area contributed by atoms with Gasteiger partial charge in [-0.1, -0.05) is 12.8 Å². The van der Waals surface area contributed by atoms with Crippen LogP contribution in [0.3, 0.4) is 0 Å². The zero-order chi connectivity index (χ0) is 14.8. The number of aryl methyl sites for hydroxylation is 1. The van der Waals surface area contributed by atoms with Crippen molar-refractivity contribution in [2.75, 3.05) is 38.0 Å². The number of thiol groups is 1. The minimum Gasteiger partial charge on any atom is -0.383 e. The van der Waals surface area contributed by atoms with Crippen LogP contribution >= 0.6 is 12.6 Å². The van der Waals surface area contributed by atoms with Gasteiger partial charge >= 0.3 is 0 Å². The average molecular weight is 299 g/mol. The van der Waals surface area contributed by atoms with Gasteiger partial charge in [-0.2, -0.15) is 17.7 Å². The normalized spacial score (nSPS) is 10.8. The summed E-state index contributed by atoms with van der Waals surface area (Å²) in [4.78, 5) is 13.9. The maximum Gasteiger partial charge on any atom is 0.268 e.